The maximum absolute atomic E-state index is 12.6. The number of carbonyl (C=O) groups excluding carboxylic acids is 2. The van der Waals surface area contributed by atoms with Crippen molar-refractivity contribution in [2.75, 3.05) is 26.3 Å². The van der Waals surface area contributed by atoms with Gasteiger partial charge in [-0.15, -0.1) is 0 Å². The molecule has 0 aromatic heterocycles. The van der Waals surface area contributed by atoms with E-state index in [1.165, 1.54) is 0 Å². The summed E-state index contributed by atoms with van der Waals surface area (Å²) in [5.41, 5.74) is 5.27. The molecular weight excluding hydrogens is 234 g/mol. The van der Waals surface area contributed by atoms with Crippen LogP contribution in [0.25, 0.3) is 0 Å². The first-order valence-electron chi connectivity index (χ1n) is 6.43. The summed E-state index contributed by atoms with van der Waals surface area (Å²) >= 11 is 0. The lowest BCUT2D eigenvalue weighted by molar-refractivity contribution is -0.151. The van der Waals surface area contributed by atoms with E-state index in [1.54, 1.807) is 4.90 Å². The van der Waals surface area contributed by atoms with Crippen LogP contribution in [0.5, 0.6) is 0 Å². The van der Waals surface area contributed by atoms with Crippen molar-refractivity contribution in [3.8, 4) is 0 Å². The Morgan fingerprint density at radius 2 is 2.39 bits per heavy atom. The van der Waals surface area contributed by atoms with Gasteiger partial charge in [-0.3, -0.25) is 9.59 Å². The Morgan fingerprint density at radius 3 is 2.94 bits per heavy atom. The van der Waals surface area contributed by atoms with E-state index in [9.17, 15) is 9.59 Å². The predicted molar refractivity (Wildman–Crippen MR) is 65.7 cm³/mol. The molecule has 3 atom stereocenters. The van der Waals surface area contributed by atoms with Gasteiger partial charge in [-0.1, -0.05) is 6.92 Å². The summed E-state index contributed by atoms with van der Waals surface area (Å²) < 4.78 is 5.31. The zero-order valence-electron chi connectivity index (χ0n) is 10.9. The first kappa shape index (κ1) is 13.3. The van der Waals surface area contributed by atoms with Crippen LogP contribution in [0.3, 0.4) is 0 Å². The highest BCUT2D eigenvalue weighted by Gasteiger charge is 2.48. The van der Waals surface area contributed by atoms with Gasteiger partial charge in [-0.05, 0) is 13.3 Å². The van der Waals surface area contributed by atoms with E-state index in [0.717, 1.165) is 0 Å². The van der Waals surface area contributed by atoms with Crippen LogP contribution < -0.4 is 11.1 Å². The molecule has 0 spiro atoms. The highest BCUT2D eigenvalue weighted by atomic mass is 16.5. The van der Waals surface area contributed by atoms with Crippen molar-refractivity contribution in [3.63, 3.8) is 0 Å². The largest absolute Gasteiger partial charge is 0.379 e. The summed E-state index contributed by atoms with van der Waals surface area (Å²) in [6.45, 7) is 5.52. The van der Waals surface area contributed by atoms with Gasteiger partial charge in [-0.2, -0.15) is 0 Å². The number of hydrogen-bond acceptors (Lipinski definition) is 4. The Bertz CT molecular complexity index is 360. The summed E-state index contributed by atoms with van der Waals surface area (Å²) in [6.07, 6.45) is 0.615. The number of hydrogen-bond donors (Lipinski definition) is 2. The molecule has 102 valence electrons. The average Bonchev–Trinajstić information content (AvgIpc) is 2.69. The van der Waals surface area contributed by atoms with Crippen LogP contribution in [0.2, 0.25) is 0 Å². The van der Waals surface area contributed by atoms with Crippen LogP contribution in [-0.2, 0) is 14.3 Å². The molecule has 0 aromatic rings. The van der Waals surface area contributed by atoms with Gasteiger partial charge in [0.2, 0.25) is 11.8 Å². The van der Waals surface area contributed by atoms with Gasteiger partial charge < -0.3 is 20.7 Å². The number of nitrogens with two attached hydrogens (primary N) is 1. The molecule has 0 aliphatic carbocycles. The normalized spacial score (nSPS) is 36.6. The van der Waals surface area contributed by atoms with Crippen LogP contribution in [0.1, 0.15) is 20.3 Å². The molecule has 2 saturated heterocycles. The molecule has 3 N–H and O–H groups in total. The van der Waals surface area contributed by atoms with Crippen LogP contribution in [0.15, 0.2) is 0 Å². The first-order chi connectivity index (χ1) is 8.50. The molecular formula is C12H21N3O3. The molecule has 6 heteroatoms. The molecule has 2 aliphatic rings. The topological polar surface area (TPSA) is 84.7 Å². The number of nitrogens with zero attached hydrogens (tertiary/aromatic N) is 1. The standard InChI is InChI=1S/C12H21N3O3/c1-3-8-10(16)14-4-5-15(8)11(17)12(2)7-18-6-9(12)13/h8-9H,3-7,13H2,1-2H3,(H,14,16). The lowest BCUT2D eigenvalue weighted by atomic mass is 9.83. The van der Waals surface area contributed by atoms with Crippen LogP contribution >= 0.6 is 0 Å². The number of ether oxygens (including phenoxy) is 1. The Morgan fingerprint density at radius 1 is 1.67 bits per heavy atom. The van der Waals surface area contributed by atoms with Crippen molar-refractivity contribution in [1.29, 1.82) is 0 Å². The third-order valence-corrected chi connectivity index (χ3v) is 3.98. The third kappa shape index (κ3) is 1.99. The quantitative estimate of drug-likeness (QED) is 0.669. The second kappa shape index (κ2) is 4.85. The first-order valence-corrected chi connectivity index (χ1v) is 6.43. The minimum atomic E-state index is -0.703. The fraction of sp³-hybridized carbons (Fsp3) is 0.833. The summed E-state index contributed by atoms with van der Waals surface area (Å²) in [4.78, 5) is 26.1. The molecule has 3 unspecified atom stereocenters. The summed E-state index contributed by atoms with van der Waals surface area (Å²) in [5.74, 6) is -0.137. The van der Waals surface area contributed by atoms with Gasteiger partial charge in [0.05, 0.1) is 18.6 Å². The Kier molecular flexibility index (Phi) is 3.59. The van der Waals surface area contributed by atoms with E-state index < -0.39 is 5.41 Å². The van der Waals surface area contributed by atoms with Crippen LogP contribution in [0.4, 0.5) is 0 Å². The van der Waals surface area contributed by atoms with Crippen molar-refractivity contribution < 1.29 is 14.3 Å². The molecule has 0 saturated carbocycles. The average molecular weight is 255 g/mol. The Balaban J connectivity index is 2.19. The van der Waals surface area contributed by atoms with E-state index in [0.29, 0.717) is 32.7 Å². The highest BCUT2D eigenvalue weighted by molar-refractivity contribution is 5.91. The molecule has 2 aliphatic heterocycles. The molecule has 2 amide bonds. The van der Waals surface area contributed by atoms with E-state index in [2.05, 4.69) is 5.32 Å². The second-order valence-corrected chi connectivity index (χ2v) is 5.25. The fourth-order valence-corrected chi connectivity index (χ4v) is 2.60. The van der Waals surface area contributed by atoms with Gasteiger partial charge in [0.15, 0.2) is 0 Å². The number of piperazine rings is 1. The van der Waals surface area contributed by atoms with E-state index in [1.807, 2.05) is 13.8 Å². The van der Waals surface area contributed by atoms with Gasteiger partial charge in [0, 0.05) is 19.1 Å². The maximum atomic E-state index is 12.6. The number of carbonyl (C=O) groups is 2. The van der Waals surface area contributed by atoms with E-state index in [-0.39, 0.29) is 23.9 Å². The molecule has 2 fully saturated rings. The molecule has 0 radical (unpaired) electrons. The summed E-state index contributed by atoms with van der Waals surface area (Å²) in [6, 6.07) is -0.677. The third-order valence-electron chi connectivity index (χ3n) is 3.98. The number of nitrogens with one attached hydrogen (secondary N) is 1. The van der Waals surface area contributed by atoms with Gasteiger partial charge in [0.25, 0.3) is 0 Å². The van der Waals surface area contributed by atoms with Crippen molar-refractivity contribution in [2.24, 2.45) is 11.1 Å². The zero-order valence-corrected chi connectivity index (χ0v) is 10.9. The zero-order chi connectivity index (χ0) is 13.3. The van der Waals surface area contributed by atoms with Crippen molar-refractivity contribution in [3.05, 3.63) is 0 Å². The lowest BCUT2D eigenvalue weighted by Crippen LogP contribution is -2.62. The Labute approximate surface area is 107 Å². The minimum absolute atomic E-state index is 0.0609. The summed E-state index contributed by atoms with van der Waals surface area (Å²) in [5, 5.41) is 2.79. The predicted octanol–water partition coefficient (Wildman–Crippen LogP) is -0.913. The van der Waals surface area contributed by atoms with Crippen molar-refractivity contribution in [1.82, 2.24) is 10.2 Å². The minimum Gasteiger partial charge on any atom is -0.379 e. The van der Waals surface area contributed by atoms with Crippen LogP contribution in [-0.4, -0.2) is 55.1 Å². The van der Waals surface area contributed by atoms with Gasteiger partial charge in [0.1, 0.15) is 6.04 Å². The molecule has 0 aromatic carbocycles. The Hall–Kier alpha value is -1.14. The van der Waals surface area contributed by atoms with Crippen molar-refractivity contribution in [2.45, 2.75) is 32.4 Å². The number of rotatable bonds is 2. The van der Waals surface area contributed by atoms with Gasteiger partial charge >= 0.3 is 0 Å². The molecule has 0 bridgehead atoms. The SMILES string of the molecule is CCC1C(=O)NCCN1C(=O)C1(C)COCC1N. The highest BCUT2D eigenvalue weighted by Crippen LogP contribution is 2.31. The lowest BCUT2D eigenvalue weighted by Gasteiger charge is -2.39. The molecule has 2 rings (SSSR count). The summed E-state index contributed by atoms with van der Waals surface area (Å²) in [7, 11) is 0. The van der Waals surface area contributed by atoms with Crippen LogP contribution in [0, 0.1) is 5.41 Å². The maximum Gasteiger partial charge on any atom is 0.242 e. The molecule has 6 nitrogen and oxygen atoms in total. The fourth-order valence-electron chi connectivity index (χ4n) is 2.60. The monoisotopic (exact) mass is 255 g/mol. The molecule has 18 heavy (non-hydrogen) atoms. The number of amides is 2. The van der Waals surface area contributed by atoms with Gasteiger partial charge in [-0.25, -0.2) is 0 Å². The van der Waals surface area contributed by atoms with Crippen molar-refractivity contribution >= 4 is 11.8 Å². The second-order valence-electron chi connectivity index (χ2n) is 5.25. The van der Waals surface area contributed by atoms with E-state index >= 15 is 0 Å². The van der Waals surface area contributed by atoms with E-state index in [4.69, 9.17) is 10.5 Å². The molecule has 2 heterocycles. The smallest absolute Gasteiger partial charge is 0.242 e.